The van der Waals surface area contributed by atoms with Gasteiger partial charge in [-0.15, -0.1) is 11.3 Å². The van der Waals surface area contributed by atoms with E-state index in [0.29, 0.717) is 49.9 Å². The number of thiophene rings is 1. The lowest BCUT2D eigenvalue weighted by atomic mass is 9.97. The zero-order valence-electron chi connectivity index (χ0n) is 14.3. The average molecular weight is 375 g/mol. The highest BCUT2D eigenvalue weighted by Crippen LogP contribution is 2.28. The Labute approximate surface area is 148 Å². The summed E-state index contributed by atoms with van der Waals surface area (Å²) in [5.74, 6) is -0.0795. The number of nitrogens with zero attached hydrogens (tertiary/aromatic N) is 1. The molecule has 1 fully saturated rings. The van der Waals surface area contributed by atoms with Gasteiger partial charge in [-0.25, -0.2) is 8.42 Å². The molecular weight excluding hydrogens is 348 g/mol. The molecule has 1 N–H and O–H groups in total. The van der Waals surface area contributed by atoms with Gasteiger partial charge in [-0.2, -0.15) is 4.31 Å². The summed E-state index contributed by atoms with van der Waals surface area (Å²) in [5.41, 5.74) is 0. The molecule has 0 aliphatic carbocycles. The molecule has 6 nitrogen and oxygen atoms in total. The number of carbonyl (C=O) groups excluding carboxylic acids is 1. The largest absolute Gasteiger partial charge is 0.382 e. The molecule has 2 heterocycles. The fourth-order valence-electron chi connectivity index (χ4n) is 2.71. The first-order valence-corrected chi connectivity index (χ1v) is 10.6. The van der Waals surface area contributed by atoms with Crippen molar-refractivity contribution in [2.45, 2.75) is 37.3 Å². The number of rotatable bonds is 8. The SMILES string of the molecule is CCOCCCNC(=O)C1CCN(S(=O)(=O)c2ccc(C)s2)CC1. The number of aryl methyl sites for hydroxylation is 1. The van der Waals surface area contributed by atoms with Gasteiger partial charge in [0.2, 0.25) is 5.91 Å². The van der Waals surface area contributed by atoms with Crippen LogP contribution in [0, 0.1) is 12.8 Å². The molecular formula is C16H26N2O4S2. The third-order valence-electron chi connectivity index (χ3n) is 4.10. The van der Waals surface area contributed by atoms with Crippen molar-refractivity contribution in [1.29, 1.82) is 0 Å². The minimum Gasteiger partial charge on any atom is -0.382 e. The Morgan fingerprint density at radius 2 is 2.08 bits per heavy atom. The molecule has 0 atom stereocenters. The van der Waals surface area contributed by atoms with Crippen LogP contribution in [0.5, 0.6) is 0 Å². The lowest BCUT2D eigenvalue weighted by molar-refractivity contribution is -0.126. The van der Waals surface area contributed by atoms with Crippen molar-refractivity contribution in [3.63, 3.8) is 0 Å². The molecule has 2 rings (SSSR count). The Morgan fingerprint density at radius 3 is 2.67 bits per heavy atom. The van der Waals surface area contributed by atoms with Crippen molar-refractivity contribution in [2.75, 3.05) is 32.8 Å². The standard InChI is InChI=1S/C16H26N2O4S2/c1-3-22-12-4-9-17-16(19)14-7-10-18(11-8-14)24(20,21)15-6-5-13(2)23-15/h5-6,14H,3-4,7-12H2,1-2H3,(H,17,19). The van der Waals surface area contributed by atoms with Crippen LogP contribution < -0.4 is 5.32 Å². The monoisotopic (exact) mass is 374 g/mol. The van der Waals surface area contributed by atoms with Crippen LogP contribution in [0.1, 0.15) is 31.1 Å². The number of hydrogen-bond acceptors (Lipinski definition) is 5. The van der Waals surface area contributed by atoms with Gasteiger partial charge in [-0.3, -0.25) is 4.79 Å². The summed E-state index contributed by atoms with van der Waals surface area (Å²) in [6.45, 7) is 6.57. The summed E-state index contributed by atoms with van der Waals surface area (Å²) < 4.78 is 32.3. The van der Waals surface area contributed by atoms with Gasteiger partial charge < -0.3 is 10.1 Å². The normalized spacial score (nSPS) is 17.1. The van der Waals surface area contributed by atoms with E-state index in [-0.39, 0.29) is 11.8 Å². The van der Waals surface area contributed by atoms with Gasteiger partial charge in [0.25, 0.3) is 10.0 Å². The zero-order valence-corrected chi connectivity index (χ0v) is 15.9. The van der Waals surface area contributed by atoms with E-state index in [2.05, 4.69) is 5.32 Å². The fraction of sp³-hybridized carbons (Fsp3) is 0.688. The van der Waals surface area contributed by atoms with Gasteiger partial charge >= 0.3 is 0 Å². The first-order valence-electron chi connectivity index (χ1n) is 8.37. The summed E-state index contributed by atoms with van der Waals surface area (Å²) in [6, 6.07) is 3.48. The average Bonchev–Trinajstić information content (AvgIpc) is 3.02. The van der Waals surface area contributed by atoms with Gasteiger partial charge in [0, 0.05) is 43.6 Å². The highest BCUT2D eigenvalue weighted by Gasteiger charge is 2.32. The van der Waals surface area contributed by atoms with Gasteiger partial charge in [0.05, 0.1) is 0 Å². The van der Waals surface area contributed by atoms with E-state index in [1.54, 1.807) is 6.07 Å². The van der Waals surface area contributed by atoms with Crippen molar-refractivity contribution >= 4 is 27.3 Å². The number of nitrogens with one attached hydrogen (secondary N) is 1. The van der Waals surface area contributed by atoms with E-state index in [0.717, 1.165) is 11.3 Å². The molecule has 0 bridgehead atoms. The first kappa shape index (κ1) is 19.4. The molecule has 136 valence electrons. The zero-order chi connectivity index (χ0) is 17.6. The van der Waals surface area contributed by atoms with Crippen molar-refractivity contribution in [2.24, 2.45) is 5.92 Å². The van der Waals surface area contributed by atoms with Crippen LogP contribution in [0.4, 0.5) is 0 Å². The third-order valence-corrected chi connectivity index (χ3v) is 7.47. The number of carbonyl (C=O) groups is 1. The number of amides is 1. The lowest BCUT2D eigenvalue weighted by Gasteiger charge is -2.30. The number of sulfonamides is 1. The number of piperidine rings is 1. The Balaban J connectivity index is 1.79. The maximum Gasteiger partial charge on any atom is 0.252 e. The summed E-state index contributed by atoms with van der Waals surface area (Å²) in [5, 5.41) is 2.92. The van der Waals surface area contributed by atoms with Crippen LogP contribution in [0.2, 0.25) is 0 Å². The minimum absolute atomic E-state index is 0.0236. The predicted molar refractivity (Wildman–Crippen MR) is 94.7 cm³/mol. The second kappa shape index (κ2) is 8.94. The van der Waals surface area contributed by atoms with E-state index in [4.69, 9.17) is 4.74 Å². The summed E-state index contributed by atoms with van der Waals surface area (Å²) >= 11 is 1.29. The molecule has 0 unspecified atom stereocenters. The molecule has 0 spiro atoms. The van der Waals surface area contributed by atoms with E-state index in [1.807, 2.05) is 19.9 Å². The van der Waals surface area contributed by atoms with Crippen LogP contribution in [0.15, 0.2) is 16.3 Å². The predicted octanol–water partition coefficient (Wildman–Crippen LogP) is 2.00. The maximum atomic E-state index is 12.6. The topological polar surface area (TPSA) is 75.7 Å². The smallest absolute Gasteiger partial charge is 0.252 e. The summed E-state index contributed by atoms with van der Waals surface area (Å²) in [4.78, 5) is 13.1. The molecule has 1 aromatic heterocycles. The first-order chi connectivity index (χ1) is 11.4. The van der Waals surface area contributed by atoms with E-state index in [1.165, 1.54) is 15.6 Å². The van der Waals surface area contributed by atoms with Crippen molar-refractivity contribution in [1.82, 2.24) is 9.62 Å². The molecule has 1 aliphatic heterocycles. The second-order valence-corrected chi connectivity index (χ2v) is 9.34. The molecule has 1 aromatic rings. The Kier molecular flexibility index (Phi) is 7.21. The van der Waals surface area contributed by atoms with Crippen LogP contribution in [-0.4, -0.2) is 51.5 Å². The van der Waals surface area contributed by atoms with Crippen molar-refractivity contribution < 1.29 is 17.9 Å². The lowest BCUT2D eigenvalue weighted by Crippen LogP contribution is -2.43. The summed E-state index contributed by atoms with van der Waals surface area (Å²) in [7, 11) is -3.41. The van der Waals surface area contributed by atoms with Crippen LogP contribution >= 0.6 is 11.3 Å². The van der Waals surface area contributed by atoms with Crippen molar-refractivity contribution in [3.8, 4) is 0 Å². The molecule has 0 aromatic carbocycles. The van der Waals surface area contributed by atoms with Crippen LogP contribution in [-0.2, 0) is 19.6 Å². The summed E-state index contributed by atoms with van der Waals surface area (Å²) in [6.07, 6.45) is 1.94. The molecule has 1 amide bonds. The Hall–Kier alpha value is -0.960. The van der Waals surface area contributed by atoms with Crippen LogP contribution in [0.3, 0.4) is 0 Å². The Bertz CT molecular complexity index is 634. The van der Waals surface area contributed by atoms with E-state index >= 15 is 0 Å². The Morgan fingerprint density at radius 1 is 1.38 bits per heavy atom. The number of ether oxygens (including phenoxy) is 1. The van der Waals surface area contributed by atoms with Gasteiger partial charge in [-0.1, -0.05) is 0 Å². The van der Waals surface area contributed by atoms with Crippen LogP contribution in [0.25, 0.3) is 0 Å². The van der Waals surface area contributed by atoms with Gasteiger partial charge in [0.1, 0.15) is 4.21 Å². The molecule has 0 saturated carbocycles. The molecule has 1 saturated heterocycles. The van der Waals surface area contributed by atoms with Gasteiger partial charge in [0.15, 0.2) is 0 Å². The quantitative estimate of drug-likeness (QED) is 0.706. The van der Waals surface area contributed by atoms with E-state index in [9.17, 15) is 13.2 Å². The highest BCUT2D eigenvalue weighted by atomic mass is 32.2. The van der Waals surface area contributed by atoms with E-state index < -0.39 is 10.0 Å². The third kappa shape index (κ3) is 5.02. The highest BCUT2D eigenvalue weighted by molar-refractivity contribution is 7.91. The number of hydrogen-bond donors (Lipinski definition) is 1. The molecule has 1 aliphatic rings. The maximum absolute atomic E-state index is 12.6. The fourth-order valence-corrected chi connectivity index (χ4v) is 5.62. The van der Waals surface area contributed by atoms with Gasteiger partial charge in [-0.05, 0) is 45.2 Å². The molecule has 8 heteroatoms. The van der Waals surface area contributed by atoms with Crippen molar-refractivity contribution in [3.05, 3.63) is 17.0 Å². The minimum atomic E-state index is -3.41. The molecule has 24 heavy (non-hydrogen) atoms. The second-order valence-electron chi connectivity index (χ2n) is 5.88. The molecule has 0 radical (unpaired) electrons.